The average molecular weight is 293 g/mol. The zero-order chi connectivity index (χ0) is 16.0. The summed E-state index contributed by atoms with van der Waals surface area (Å²) < 4.78 is 5.66. The summed E-state index contributed by atoms with van der Waals surface area (Å²) in [6, 6.07) is 7.15. The van der Waals surface area contributed by atoms with Gasteiger partial charge in [0.05, 0.1) is 18.2 Å². The molecule has 1 aromatic carbocycles. The first-order valence-electron chi connectivity index (χ1n) is 7.08. The molecule has 0 saturated carbocycles. The first-order valence-corrected chi connectivity index (χ1v) is 7.08. The van der Waals surface area contributed by atoms with Crippen LogP contribution in [0, 0.1) is 17.8 Å². The Morgan fingerprint density at radius 3 is 2.33 bits per heavy atom. The van der Waals surface area contributed by atoms with Gasteiger partial charge in [-0.25, -0.2) is 0 Å². The van der Waals surface area contributed by atoms with E-state index < -0.39 is 17.8 Å². The molecule has 1 aromatic rings. The summed E-state index contributed by atoms with van der Waals surface area (Å²) in [6.07, 6.45) is 0. The SMILES string of the molecule is CC(C)COc1ccccc1NC(=O)C(C)C(C)C(=O)O. The molecule has 2 atom stereocenters. The molecule has 0 aromatic heterocycles. The Labute approximate surface area is 125 Å². The molecule has 0 saturated heterocycles. The van der Waals surface area contributed by atoms with Gasteiger partial charge in [-0.3, -0.25) is 9.59 Å². The van der Waals surface area contributed by atoms with E-state index in [1.165, 1.54) is 6.92 Å². The van der Waals surface area contributed by atoms with E-state index in [4.69, 9.17) is 9.84 Å². The smallest absolute Gasteiger partial charge is 0.307 e. The lowest BCUT2D eigenvalue weighted by atomic mass is 9.95. The molecule has 0 aliphatic carbocycles. The van der Waals surface area contributed by atoms with Gasteiger partial charge >= 0.3 is 5.97 Å². The van der Waals surface area contributed by atoms with E-state index >= 15 is 0 Å². The highest BCUT2D eigenvalue weighted by atomic mass is 16.5. The van der Waals surface area contributed by atoms with Gasteiger partial charge in [0.15, 0.2) is 0 Å². The fourth-order valence-electron chi connectivity index (χ4n) is 1.64. The predicted octanol–water partition coefficient (Wildman–Crippen LogP) is 3.02. The Hall–Kier alpha value is -2.04. The van der Waals surface area contributed by atoms with Gasteiger partial charge in [0, 0.05) is 5.92 Å². The highest BCUT2D eigenvalue weighted by molar-refractivity contribution is 5.95. The van der Waals surface area contributed by atoms with E-state index in [1.807, 2.05) is 19.9 Å². The number of carbonyl (C=O) groups is 2. The van der Waals surface area contributed by atoms with Gasteiger partial charge in [-0.1, -0.05) is 39.8 Å². The lowest BCUT2D eigenvalue weighted by Crippen LogP contribution is -2.30. The number of para-hydroxylation sites is 2. The van der Waals surface area contributed by atoms with Crippen LogP contribution in [0.15, 0.2) is 24.3 Å². The number of ether oxygens (including phenoxy) is 1. The van der Waals surface area contributed by atoms with E-state index in [1.54, 1.807) is 25.1 Å². The van der Waals surface area contributed by atoms with Crippen molar-refractivity contribution in [3.05, 3.63) is 24.3 Å². The number of carboxylic acids is 1. The van der Waals surface area contributed by atoms with Crippen LogP contribution in [0.25, 0.3) is 0 Å². The van der Waals surface area contributed by atoms with Crippen LogP contribution in [0.1, 0.15) is 27.7 Å². The standard InChI is InChI=1S/C16H23NO4/c1-10(2)9-21-14-8-6-5-7-13(14)17-15(18)11(3)12(4)16(19)20/h5-8,10-12H,9H2,1-4H3,(H,17,18)(H,19,20). The van der Waals surface area contributed by atoms with Crippen molar-refractivity contribution in [1.82, 2.24) is 0 Å². The molecule has 0 radical (unpaired) electrons. The number of aliphatic carboxylic acids is 1. The largest absolute Gasteiger partial charge is 0.491 e. The first kappa shape index (κ1) is 17.0. The summed E-state index contributed by atoms with van der Waals surface area (Å²) in [6.45, 7) is 7.75. The molecule has 1 amide bonds. The topological polar surface area (TPSA) is 75.6 Å². The van der Waals surface area contributed by atoms with Crippen LogP contribution in [0.3, 0.4) is 0 Å². The lowest BCUT2D eigenvalue weighted by molar-refractivity contribution is -0.145. The molecule has 0 bridgehead atoms. The minimum atomic E-state index is -0.984. The van der Waals surface area contributed by atoms with Gasteiger partial charge < -0.3 is 15.2 Å². The maximum absolute atomic E-state index is 12.1. The zero-order valence-electron chi connectivity index (χ0n) is 12.9. The Kier molecular flexibility index (Phi) is 6.21. The Morgan fingerprint density at radius 1 is 1.14 bits per heavy atom. The van der Waals surface area contributed by atoms with Crippen LogP contribution in [-0.4, -0.2) is 23.6 Å². The number of anilines is 1. The number of hydrogen-bond acceptors (Lipinski definition) is 3. The number of benzene rings is 1. The fourth-order valence-corrected chi connectivity index (χ4v) is 1.64. The summed E-state index contributed by atoms with van der Waals surface area (Å²) in [5.74, 6) is -1.71. The number of carboxylic acid groups (broad SMARTS) is 1. The van der Waals surface area contributed by atoms with Crippen molar-refractivity contribution >= 4 is 17.6 Å². The highest BCUT2D eigenvalue weighted by Gasteiger charge is 2.26. The molecular formula is C16H23NO4. The molecule has 1 rings (SSSR count). The summed E-state index contributed by atoms with van der Waals surface area (Å²) in [7, 11) is 0. The zero-order valence-corrected chi connectivity index (χ0v) is 12.9. The molecule has 0 aliphatic rings. The predicted molar refractivity (Wildman–Crippen MR) is 81.4 cm³/mol. The molecule has 0 spiro atoms. The van der Waals surface area contributed by atoms with Gasteiger partial charge in [-0.2, -0.15) is 0 Å². The van der Waals surface area contributed by atoms with Crippen molar-refractivity contribution in [2.75, 3.05) is 11.9 Å². The second-order valence-corrected chi connectivity index (χ2v) is 5.61. The summed E-state index contributed by atoms with van der Waals surface area (Å²) >= 11 is 0. The van der Waals surface area contributed by atoms with Crippen molar-refractivity contribution in [3.63, 3.8) is 0 Å². The molecule has 116 valence electrons. The van der Waals surface area contributed by atoms with Crippen molar-refractivity contribution in [3.8, 4) is 5.75 Å². The van der Waals surface area contributed by atoms with Gasteiger partial charge in [-0.05, 0) is 18.1 Å². The Bertz CT molecular complexity index is 499. The molecule has 5 nitrogen and oxygen atoms in total. The van der Waals surface area contributed by atoms with Gasteiger partial charge in [0.2, 0.25) is 5.91 Å². The molecule has 5 heteroatoms. The van der Waals surface area contributed by atoms with E-state index in [0.717, 1.165) is 0 Å². The van der Waals surface area contributed by atoms with Crippen LogP contribution < -0.4 is 10.1 Å². The van der Waals surface area contributed by atoms with Crippen molar-refractivity contribution in [1.29, 1.82) is 0 Å². The van der Waals surface area contributed by atoms with Gasteiger partial charge in [-0.15, -0.1) is 0 Å². The molecule has 0 aliphatic heterocycles. The molecule has 2 unspecified atom stereocenters. The maximum atomic E-state index is 12.1. The van der Waals surface area contributed by atoms with Gasteiger partial charge in [0.25, 0.3) is 0 Å². The number of nitrogens with one attached hydrogen (secondary N) is 1. The normalized spacial score (nSPS) is 13.6. The number of rotatable bonds is 7. The van der Waals surface area contributed by atoms with Gasteiger partial charge in [0.1, 0.15) is 5.75 Å². The second kappa shape index (κ2) is 7.67. The third kappa shape index (κ3) is 5.10. The fraction of sp³-hybridized carbons (Fsp3) is 0.500. The van der Waals surface area contributed by atoms with Crippen LogP contribution in [0.5, 0.6) is 5.75 Å². The highest BCUT2D eigenvalue weighted by Crippen LogP contribution is 2.25. The van der Waals surface area contributed by atoms with E-state index in [2.05, 4.69) is 5.32 Å². The minimum Gasteiger partial charge on any atom is -0.491 e. The Morgan fingerprint density at radius 2 is 1.76 bits per heavy atom. The first-order chi connectivity index (χ1) is 9.82. The lowest BCUT2D eigenvalue weighted by Gasteiger charge is -2.18. The summed E-state index contributed by atoms with van der Waals surface area (Å²) in [4.78, 5) is 23.1. The van der Waals surface area contributed by atoms with Crippen molar-refractivity contribution in [2.45, 2.75) is 27.7 Å². The van der Waals surface area contributed by atoms with Crippen molar-refractivity contribution in [2.24, 2.45) is 17.8 Å². The van der Waals surface area contributed by atoms with E-state index in [9.17, 15) is 9.59 Å². The summed E-state index contributed by atoms with van der Waals surface area (Å²) in [5.41, 5.74) is 0.563. The molecular weight excluding hydrogens is 270 g/mol. The maximum Gasteiger partial charge on any atom is 0.307 e. The number of hydrogen-bond donors (Lipinski definition) is 2. The molecule has 2 N–H and O–H groups in total. The van der Waals surface area contributed by atoms with Crippen LogP contribution in [0.2, 0.25) is 0 Å². The molecule has 21 heavy (non-hydrogen) atoms. The monoisotopic (exact) mass is 293 g/mol. The van der Waals surface area contributed by atoms with Crippen molar-refractivity contribution < 1.29 is 19.4 Å². The van der Waals surface area contributed by atoms with E-state index in [-0.39, 0.29) is 5.91 Å². The molecule has 0 fully saturated rings. The molecule has 0 heterocycles. The Balaban J connectivity index is 2.78. The van der Waals surface area contributed by atoms with Crippen LogP contribution in [-0.2, 0) is 9.59 Å². The third-order valence-corrected chi connectivity index (χ3v) is 3.27. The van der Waals surface area contributed by atoms with Crippen LogP contribution >= 0.6 is 0 Å². The van der Waals surface area contributed by atoms with E-state index in [0.29, 0.717) is 24.0 Å². The second-order valence-electron chi connectivity index (χ2n) is 5.61. The minimum absolute atomic E-state index is 0.328. The quantitative estimate of drug-likeness (QED) is 0.810. The summed E-state index contributed by atoms with van der Waals surface area (Å²) in [5, 5.41) is 11.7. The number of amides is 1. The van der Waals surface area contributed by atoms with Crippen LogP contribution in [0.4, 0.5) is 5.69 Å². The third-order valence-electron chi connectivity index (χ3n) is 3.27. The number of carbonyl (C=O) groups excluding carboxylic acids is 1. The average Bonchev–Trinajstić information content (AvgIpc) is 2.44.